The molecule has 21 heavy (non-hydrogen) atoms. The van der Waals surface area contributed by atoms with Gasteiger partial charge in [-0.1, -0.05) is 13.8 Å². The number of fused-ring (bicyclic) bond motifs is 1. The van der Waals surface area contributed by atoms with Gasteiger partial charge in [-0.25, -0.2) is 9.78 Å². The summed E-state index contributed by atoms with van der Waals surface area (Å²) >= 11 is 0. The highest BCUT2D eigenvalue weighted by molar-refractivity contribution is 5.77. The van der Waals surface area contributed by atoms with Crippen LogP contribution in [0.2, 0.25) is 0 Å². The summed E-state index contributed by atoms with van der Waals surface area (Å²) < 4.78 is 0. The largest absolute Gasteiger partial charge is 0.337 e. The van der Waals surface area contributed by atoms with E-state index in [2.05, 4.69) is 39.2 Å². The topological polar surface area (TPSA) is 74.2 Å². The third kappa shape index (κ3) is 2.41. The second-order valence-electron chi connectivity index (χ2n) is 5.68. The number of nitrogens with one attached hydrogen (secondary N) is 1. The minimum atomic E-state index is 0.0153. The number of carbonyl (C=O) groups excluding carboxylic acids is 1. The summed E-state index contributed by atoms with van der Waals surface area (Å²) in [4.78, 5) is 20.3. The maximum atomic E-state index is 11.7. The van der Waals surface area contributed by atoms with Gasteiger partial charge in [0.25, 0.3) is 0 Å². The summed E-state index contributed by atoms with van der Waals surface area (Å²) in [6.45, 7) is 5.76. The van der Waals surface area contributed by atoms with E-state index in [0.717, 1.165) is 43.7 Å². The Balaban J connectivity index is 1.78. The van der Waals surface area contributed by atoms with Crippen LogP contribution in [0.3, 0.4) is 0 Å². The molecular formula is C14H22N6O. The van der Waals surface area contributed by atoms with Crippen LogP contribution in [0.1, 0.15) is 31.7 Å². The van der Waals surface area contributed by atoms with Crippen molar-refractivity contribution in [3.05, 3.63) is 11.4 Å². The number of aromatic nitrogens is 3. The van der Waals surface area contributed by atoms with E-state index in [-0.39, 0.29) is 18.1 Å². The molecular weight excluding hydrogens is 268 g/mol. The second kappa shape index (κ2) is 5.46. The molecule has 114 valence electrons. The van der Waals surface area contributed by atoms with Gasteiger partial charge in [-0.3, -0.25) is 0 Å². The summed E-state index contributed by atoms with van der Waals surface area (Å²) in [6, 6.07) is 0.444. The second-order valence-corrected chi connectivity index (χ2v) is 5.68. The van der Waals surface area contributed by atoms with Crippen molar-refractivity contribution in [2.75, 3.05) is 25.0 Å². The van der Waals surface area contributed by atoms with Gasteiger partial charge in [0, 0.05) is 20.1 Å². The average molecular weight is 290 g/mol. The maximum Gasteiger partial charge on any atom is 0.317 e. The number of amides is 2. The van der Waals surface area contributed by atoms with E-state index in [0.29, 0.717) is 5.95 Å². The Morgan fingerprint density at radius 1 is 1.24 bits per heavy atom. The highest BCUT2D eigenvalue weighted by atomic mass is 16.2. The van der Waals surface area contributed by atoms with Crippen molar-refractivity contribution in [1.29, 1.82) is 0 Å². The molecule has 1 N–H and O–H groups in total. The number of aryl methyl sites for hydroxylation is 2. The fourth-order valence-electron chi connectivity index (χ4n) is 3.20. The smallest absolute Gasteiger partial charge is 0.317 e. The van der Waals surface area contributed by atoms with E-state index in [1.54, 1.807) is 4.90 Å². The standard InChI is InChI=1S/C14H22N6O/c1-4-9-10(5-2)17-18-13(15-9)20-7-6-12-11(8-20)16-14(21)19(12)3/h11-12H,4-8H2,1-3H3,(H,16,21)/t11-,12+/m1/s1. The predicted octanol–water partition coefficient (Wildman–Crippen LogP) is 0.599. The van der Waals surface area contributed by atoms with Gasteiger partial charge >= 0.3 is 6.03 Å². The van der Waals surface area contributed by atoms with Crippen LogP contribution in [0.15, 0.2) is 0 Å². The number of likely N-dealkylation sites (N-methyl/N-ethyl adjacent to an activating group) is 1. The van der Waals surface area contributed by atoms with Crippen molar-refractivity contribution in [3.63, 3.8) is 0 Å². The van der Waals surface area contributed by atoms with Gasteiger partial charge in [0.2, 0.25) is 5.95 Å². The maximum absolute atomic E-state index is 11.7. The molecule has 2 fully saturated rings. The van der Waals surface area contributed by atoms with Crippen molar-refractivity contribution in [1.82, 2.24) is 25.4 Å². The van der Waals surface area contributed by atoms with E-state index in [9.17, 15) is 4.79 Å². The van der Waals surface area contributed by atoms with Gasteiger partial charge in [-0.2, -0.15) is 5.10 Å². The zero-order valence-electron chi connectivity index (χ0n) is 12.8. The molecule has 1 aromatic heterocycles. The molecule has 1 aromatic rings. The van der Waals surface area contributed by atoms with Crippen molar-refractivity contribution >= 4 is 12.0 Å². The Morgan fingerprint density at radius 3 is 2.71 bits per heavy atom. The zero-order chi connectivity index (χ0) is 15.0. The molecule has 3 rings (SSSR count). The van der Waals surface area contributed by atoms with Crippen molar-refractivity contribution in [2.45, 2.75) is 45.2 Å². The quantitative estimate of drug-likeness (QED) is 0.882. The molecule has 3 heterocycles. The number of anilines is 1. The van der Waals surface area contributed by atoms with Crippen molar-refractivity contribution < 1.29 is 4.79 Å². The van der Waals surface area contributed by atoms with Gasteiger partial charge in [-0.05, 0) is 19.3 Å². The van der Waals surface area contributed by atoms with E-state index in [1.165, 1.54) is 0 Å². The number of urea groups is 1. The molecule has 2 aliphatic heterocycles. The number of carbonyl (C=O) groups is 1. The number of hydrogen-bond acceptors (Lipinski definition) is 5. The van der Waals surface area contributed by atoms with E-state index in [4.69, 9.17) is 0 Å². The lowest BCUT2D eigenvalue weighted by atomic mass is 10.0. The van der Waals surface area contributed by atoms with Crippen molar-refractivity contribution in [2.24, 2.45) is 0 Å². The Labute approximate surface area is 124 Å². The lowest BCUT2D eigenvalue weighted by Gasteiger charge is -2.35. The molecule has 7 heteroatoms. The zero-order valence-corrected chi connectivity index (χ0v) is 12.8. The number of nitrogens with zero attached hydrogens (tertiary/aromatic N) is 5. The summed E-state index contributed by atoms with van der Waals surface area (Å²) in [6.07, 6.45) is 2.65. The fourth-order valence-corrected chi connectivity index (χ4v) is 3.20. The molecule has 0 radical (unpaired) electrons. The van der Waals surface area contributed by atoms with Crippen LogP contribution in [0.5, 0.6) is 0 Å². The lowest BCUT2D eigenvalue weighted by Crippen LogP contribution is -2.51. The highest BCUT2D eigenvalue weighted by Crippen LogP contribution is 2.23. The van der Waals surface area contributed by atoms with Crippen LogP contribution in [0.4, 0.5) is 10.7 Å². The summed E-state index contributed by atoms with van der Waals surface area (Å²) in [5.74, 6) is 0.686. The summed E-state index contributed by atoms with van der Waals surface area (Å²) in [5, 5.41) is 11.6. The third-order valence-electron chi connectivity index (χ3n) is 4.48. The van der Waals surface area contributed by atoms with Crippen LogP contribution in [-0.4, -0.2) is 58.3 Å². The Bertz CT molecular complexity index is 548. The predicted molar refractivity (Wildman–Crippen MR) is 79.3 cm³/mol. The average Bonchev–Trinajstić information content (AvgIpc) is 2.80. The van der Waals surface area contributed by atoms with Gasteiger partial charge < -0.3 is 15.1 Å². The van der Waals surface area contributed by atoms with E-state index >= 15 is 0 Å². The molecule has 0 bridgehead atoms. The van der Waals surface area contributed by atoms with Crippen LogP contribution in [0.25, 0.3) is 0 Å². The first-order valence-corrected chi connectivity index (χ1v) is 7.64. The monoisotopic (exact) mass is 290 g/mol. The SMILES string of the molecule is CCc1nnc(N2CC[C@H]3[C@@H](C2)NC(=O)N3C)nc1CC. The first kappa shape index (κ1) is 14.0. The molecule has 2 atom stereocenters. The molecule has 2 aliphatic rings. The van der Waals surface area contributed by atoms with Gasteiger partial charge in [0.1, 0.15) is 0 Å². The van der Waals surface area contributed by atoms with Crippen LogP contribution >= 0.6 is 0 Å². The molecule has 0 saturated carbocycles. The first-order chi connectivity index (χ1) is 10.1. The molecule has 2 saturated heterocycles. The molecule has 0 aromatic carbocycles. The summed E-state index contributed by atoms with van der Waals surface area (Å²) in [7, 11) is 1.86. The van der Waals surface area contributed by atoms with Crippen LogP contribution in [0, 0.1) is 0 Å². The van der Waals surface area contributed by atoms with Crippen molar-refractivity contribution in [3.8, 4) is 0 Å². The molecule has 0 aliphatic carbocycles. The van der Waals surface area contributed by atoms with Gasteiger partial charge in [-0.15, -0.1) is 5.10 Å². The Morgan fingerprint density at radius 2 is 2.00 bits per heavy atom. The number of rotatable bonds is 3. The van der Waals surface area contributed by atoms with Crippen LogP contribution < -0.4 is 10.2 Å². The number of piperidine rings is 1. The fraction of sp³-hybridized carbons (Fsp3) is 0.714. The first-order valence-electron chi connectivity index (χ1n) is 7.64. The minimum Gasteiger partial charge on any atom is -0.337 e. The Kier molecular flexibility index (Phi) is 3.65. The van der Waals surface area contributed by atoms with Crippen LogP contribution in [-0.2, 0) is 12.8 Å². The molecule has 2 amide bonds. The minimum absolute atomic E-state index is 0.0153. The molecule has 0 unspecified atom stereocenters. The van der Waals surface area contributed by atoms with Gasteiger partial charge in [0.05, 0.1) is 23.5 Å². The molecule has 0 spiro atoms. The normalized spacial score (nSPS) is 25.0. The lowest BCUT2D eigenvalue weighted by molar-refractivity contribution is 0.211. The summed E-state index contributed by atoms with van der Waals surface area (Å²) in [5.41, 5.74) is 2.00. The highest BCUT2D eigenvalue weighted by Gasteiger charge is 2.41. The Hall–Kier alpha value is -1.92. The van der Waals surface area contributed by atoms with E-state index in [1.807, 2.05) is 7.05 Å². The number of hydrogen-bond donors (Lipinski definition) is 1. The van der Waals surface area contributed by atoms with E-state index < -0.39 is 0 Å². The molecule has 7 nitrogen and oxygen atoms in total. The van der Waals surface area contributed by atoms with Gasteiger partial charge in [0.15, 0.2) is 0 Å². The third-order valence-corrected chi connectivity index (χ3v) is 4.48.